The van der Waals surface area contributed by atoms with Gasteiger partial charge in [-0.3, -0.25) is 9.69 Å². The lowest BCUT2D eigenvalue weighted by atomic mass is 10.2. The Balaban J connectivity index is 1.54. The lowest BCUT2D eigenvalue weighted by Gasteiger charge is -2.25. The molecule has 1 aliphatic rings. The number of rotatable bonds is 6. The summed E-state index contributed by atoms with van der Waals surface area (Å²) in [6, 6.07) is 12.6. The van der Waals surface area contributed by atoms with Gasteiger partial charge in [0.1, 0.15) is 11.6 Å². The number of halogens is 2. The smallest absolute Gasteiger partial charge is 0.236 e. The molecular formula is C22H27ClFN3O2. The second kappa shape index (κ2) is 9.94. The summed E-state index contributed by atoms with van der Waals surface area (Å²) in [5.41, 5.74) is 1.51. The van der Waals surface area contributed by atoms with Crippen molar-refractivity contribution in [2.24, 2.45) is 0 Å². The van der Waals surface area contributed by atoms with E-state index in [9.17, 15) is 9.18 Å². The molecular weight excluding hydrogens is 393 g/mol. The van der Waals surface area contributed by atoms with E-state index in [2.05, 4.69) is 21.9 Å². The number of hydrogen-bond acceptors (Lipinski definition) is 4. The van der Waals surface area contributed by atoms with Crippen molar-refractivity contribution in [3.63, 3.8) is 0 Å². The molecule has 0 aliphatic carbocycles. The minimum Gasteiger partial charge on any atom is -0.497 e. The first-order chi connectivity index (χ1) is 14.0. The second-order valence-electron chi connectivity index (χ2n) is 7.26. The van der Waals surface area contributed by atoms with Crippen LogP contribution in [-0.4, -0.2) is 62.6 Å². The maximum Gasteiger partial charge on any atom is 0.236 e. The summed E-state index contributed by atoms with van der Waals surface area (Å²) in [6.07, 6.45) is 0.974. The summed E-state index contributed by atoms with van der Waals surface area (Å²) in [7, 11) is 3.35. The number of carbonyl (C=O) groups is 1. The van der Waals surface area contributed by atoms with E-state index in [0.29, 0.717) is 17.1 Å². The maximum atomic E-state index is 14.0. The third kappa shape index (κ3) is 5.61. The molecule has 0 bridgehead atoms. The summed E-state index contributed by atoms with van der Waals surface area (Å²) >= 11 is 6.08. The average Bonchev–Trinajstić information content (AvgIpc) is 2.96. The molecule has 1 fully saturated rings. The van der Waals surface area contributed by atoms with Gasteiger partial charge in [0.05, 0.1) is 13.7 Å². The Kier molecular flexibility index (Phi) is 7.34. The van der Waals surface area contributed by atoms with Crippen molar-refractivity contribution in [1.82, 2.24) is 9.80 Å². The molecule has 29 heavy (non-hydrogen) atoms. The van der Waals surface area contributed by atoms with Crippen LogP contribution in [0, 0.1) is 5.82 Å². The zero-order chi connectivity index (χ0) is 20.8. The van der Waals surface area contributed by atoms with Gasteiger partial charge in [-0.25, -0.2) is 4.39 Å². The third-order valence-corrected chi connectivity index (χ3v) is 5.62. The van der Waals surface area contributed by atoms with Gasteiger partial charge in [0.25, 0.3) is 0 Å². The van der Waals surface area contributed by atoms with Crippen molar-refractivity contribution in [3.05, 3.63) is 58.9 Å². The van der Waals surface area contributed by atoms with E-state index in [1.54, 1.807) is 26.3 Å². The number of ether oxygens (including phenoxy) is 1. The first-order valence-electron chi connectivity index (χ1n) is 9.76. The van der Waals surface area contributed by atoms with Gasteiger partial charge in [-0.15, -0.1) is 0 Å². The number of benzene rings is 2. The second-order valence-corrected chi connectivity index (χ2v) is 7.67. The highest BCUT2D eigenvalue weighted by Gasteiger charge is 2.20. The topological polar surface area (TPSA) is 36.0 Å². The highest BCUT2D eigenvalue weighted by molar-refractivity contribution is 6.31. The predicted octanol–water partition coefficient (Wildman–Crippen LogP) is 3.66. The molecule has 0 unspecified atom stereocenters. The molecule has 0 radical (unpaired) electrons. The quantitative estimate of drug-likeness (QED) is 0.716. The van der Waals surface area contributed by atoms with Gasteiger partial charge in [0, 0.05) is 56.0 Å². The van der Waals surface area contributed by atoms with Crippen LogP contribution in [0.3, 0.4) is 0 Å². The molecule has 1 heterocycles. The Labute approximate surface area is 176 Å². The number of likely N-dealkylation sites (N-methyl/N-ethyl adjacent to an activating group) is 1. The molecule has 0 aromatic heterocycles. The molecule has 0 atom stereocenters. The van der Waals surface area contributed by atoms with E-state index in [-0.39, 0.29) is 18.3 Å². The predicted molar refractivity (Wildman–Crippen MR) is 114 cm³/mol. The van der Waals surface area contributed by atoms with Crippen molar-refractivity contribution in [3.8, 4) is 5.75 Å². The number of methoxy groups -OCH3 is 1. The van der Waals surface area contributed by atoms with Crippen LogP contribution in [0.1, 0.15) is 12.0 Å². The van der Waals surface area contributed by atoms with Crippen LogP contribution in [0.25, 0.3) is 0 Å². The third-order valence-electron chi connectivity index (χ3n) is 5.27. The lowest BCUT2D eigenvalue weighted by Crippen LogP contribution is -2.40. The van der Waals surface area contributed by atoms with Crippen LogP contribution in [0.5, 0.6) is 5.75 Å². The summed E-state index contributed by atoms with van der Waals surface area (Å²) in [4.78, 5) is 18.7. The van der Waals surface area contributed by atoms with Crippen LogP contribution in [-0.2, 0) is 11.3 Å². The molecule has 1 saturated heterocycles. The van der Waals surface area contributed by atoms with Gasteiger partial charge in [0.2, 0.25) is 5.91 Å². The van der Waals surface area contributed by atoms with Crippen molar-refractivity contribution in [1.29, 1.82) is 0 Å². The van der Waals surface area contributed by atoms with E-state index in [1.807, 2.05) is 12.1 Å². The van der Waals surface area contributed by atoms with Crippen LogP contribution in [0.2, 0.25) is 5.02 Å². The Morgan fingerprint density at radius 1 is 1.14 bits per heavy atom. The van der Waals surface area contributed by atoms with Gasteiger partial charge in [-0.2, -0.15) is 0 Å². The lowest BCUT2D eigenvalue weighted by molar-refractivity contribution is -0.131. The molecule has 0 spiro atoms. The SMILES string of the molecule is COc1ccc(N2CCCN(CC(=O)N(C)Cc3c(F)cccc3Cl)CC2)cc1. The highest BCUT2D eigenvalue weighted by Crippen LogP contribution is 2.22. The Morgan fingerprint density at radius 2 is 1.90 bits per heavy atom. The molecule has 3 rings (SSSR count). The normalized spacial score (nSPS) is 15.1. The molecule has 0 N–H and O–H groups in total. The zero-order valence-electron chi connectivity index (χ0n) is 16.9. The van der Waals surface area contributed by atoms with Gasteiger partial charge >= 0.3 is 0 Å². The monoisotopic (exact) mass is 419 g/mol. The van der Waals surface area contributed by atoms with E-state index in [1.165, 1.54) is 11.0 Å². The molecule has 1 amide bonds. The highest BCUT2D eigenvalue weighted by atomic mass is 35.5. The van der Waals surface area contributed by atoms with Crippen molar-refractivity contribution in [2.45, 2.75) is 13.0 Å². The van der Waals surface area contributed by atoms with Crippen LogP contribution < -0.4 is 9.64 Å². The molecule has 7 heteroatoms. The molecule has 156 valence electrons. The van der Waals surface area contributed by atoms with Crippen LogP contribution >= 0.6 is 11.6 Å². The van der Waals surface area contributed by atoms with Gasteiger partial charge in [0.15, 0.2) is 0 Å². The standard InChI is InChI=1S/C22H27ClFN3O2/c1-25(15-19-20(23)5-3-6-21(19)24)22(28)16-26-11-4-12-27(14-13-26)17-7-9-18(29-2)10-8-17/h3,5-10H,4,11-16H2,1-2H3. The van der Waals surface area contributed by atoms with Gasteiger partial charge in [-0.1, -0.05) is 17.7 Å². The van der Waals surface area contributed by atoms with E-state index in [0.717, 1.165) is 44.0 Å². The summed E-state index contributed by atoms with van der Waals surface area (Å²) in [5.74, 6) is 0.415. The fraction of sp³-hybridized carbons (Fsp3) is 0.409. The number of anilines is 1. The number of amides is 1. The van der Waals surface area contributed by atoms with Crippen LogP contribution in [0.4, 0.5) is 10.1 Å². The van der Waals surface area contributed by atoms with Crippen molar-refractivity contribution >= 4 is 23.2 Å². The Hall–Kier alpha value is -2.31. The Bertz CT molecular complexity index is 811. The summed E-state index contributed by atoms with van der Waals surface area (Å²) in [6.45, 7) is 3.92. The number of hydrogen-bond donors (Lipinski definition) is 0. The fourth-order valence-corrected chi connectivity index (χ4v) is 3.72. The van der Waals surface area contributed by atoms with Crippen LogP contribution in [0.15, 0.2) is 42.5 Å². The first kappa shape index (κ1) is 21.4. The Morgan fingerprint density at radius 3 is 2.59 bits per heavy atom. The summed E-state index contributed by atoms with van der Waals surface area (Å²) < 4.78 is 19.2. The number of carbonyl (C=O) groups excluding carboxylic acids is 1. The van der Waals surface area contributed by atoms with E-state index in [4.69, 9.17) is 16.3 Å². The minimum absolute atomic E-state index is 0.0396. The van der Waals surface area contributed by atoms with Crippen molar-refractivity contribution in [2.75, 3.05) is 51.8 Å². The van der Waals surface area contributed by atoms with Gasteiger partial charge in [-0.05, 0) is 42.8 Å². The average molecular weight is 420 g/mol. The largest absolute Gasteiger partial charge is 0.497 e. The van der Waals surface area contributed by atoms with E-state index < -0.39 is 0 Å². The molecule has 5 nitrogen and oxygen atoms in total. The fourth-order valence-electron chi connectivity index (χ4n) is 3.50. The van der Waals surface area contributed by atoms with Gasteiger partial charge < -0.3 is 14.5 Å². The molecule has 2 aromatic rings. The zero-order valence-corrected chi connectivity index (χ0v) is 17.7. The van der Waals surface area contributed by atoms with E-state index >= 15 is 0 Å². The summed E-state index contributed by atoms with van der Waals surface area (Å²) in [5, 5.41) is 0.342. The number of nitrogens with zero attached hydrogens (tertiary/aromatic N) is 3. The van der Waals surface area contributed by atoms with Crippen molar-refractivity contribution < 1.29 is 13.9 Å². The molecule has 2 aromatic carbocycles. The minimum atomic E-state index is -0.387. The molecule has 1 aliphatic heterocycles. The first-order valence-corrected chi connectivity index (χ1v) is 10.1. The molecule has 0 saturated carbocycles. The maximum absolute atomic E-state index is 14.0.